The highest BCUT2D eigenvalue weighted by atomic mass is 16.6. The van der Waals surface area contributed by atoms with Gasteiger partial charge in [-0.1, -0.05) is 18.2 Å². The van der Waals surface area contributed by atoms with Crippen molar-refractivity contribution >= 4 is 23.3 Å². The van der Waals surface area contributed by atoms with Crippen LogP contribution in [0.25, 0.3) is 11.1 Å². The Labute approximate surface area is 155 Å². The number of carboxylic acid groups (broad SMARTS) is 1. The van der Waals surface area contributed by atoms with Crippen molar-refractivity contribution in [2.75, 3.05) is 11.9 Å². The van der Waals surface area contributed by atoms with Gasteiger partial charge in [0.05, 0.1) is 4.92 Å². The third kappa shape index (κ3) is 5.53. The molecule has 8 heteroatoms. The van der Waals surface area contributed by atoms with E-state index in [0.29, 0.717) is 16.8 Å². The first-order chi connectivity index (χ1) is 12.6. The molecule has 8 nitrogen and oxygen atoms in total. The monoisotopic (exact) mass is 372 g/mol. The number of rotatable bonds is 6. The van der Waals surface area contributed by atoms with Crippen molar-refractivity contribution in [1.82, 2.24) is 0 Å². The zero-order valence-electron chi connectivity index (χ0n) is 15.2. The van der Waals surface area contributed by atoms with E-state index < -0.39 is 28.2 Å². The molecular formula is C19H20N2O6. The van der Waals surface area contributed by atoms with Gasteiger partial charge in [-0.25, -0.2) is 4.79 Å². The summed E-state index contributed by atoms with van der Waals surface area (Å²) in [4.78, 5) is 33.3. The van der Waals surface area contributed by atoms with E-state index in [0.717, 1.165) is 0 Å². The van der Waals surface area contributed by atoms with E-state index in [-0.39, 0.29) is 12.1 Å². The van der Waals surface area contributed by atoms with Gasteiger partial charge >= 0.3 is 11.9 Å². The van der Waals surface area contributed by atoms with Gasteiger partial charge < -0.3 is 15.2 Å². The Hall–Kier alpha value is -3.42. The molecule has 0 saturated carbocycles. The Morgan fingerprint density at radius 2 is 1.81 bits per heavy atom. The number of nitrogens with one attached hydrogen (secondary N) is 1. The highest BCUT2D eigenvalue weighted by molar-refractivity contribution is 5.93. The van der Waals surface area contributed by atoms with Crippen molar-refractivity contribution in [2.24, 2.45) is 0 Å². The molecule has 0 radical (unpaired) electrons. The number of carbonyl (C=O) groups excluding carboxylic acids is 1. The zero-order chi connectivity index (χ0) is 20.2. The molecule has 0 saturated heterocycles. The number of anilines is 1. The number of ether oxygens (including phenoxy) is 1. The van der Waals surface area contributed by atoms with Crippen LogP contribution < -0.4 is 5.32 Å². The van der Waals surface area contributed by atoms with Crippen LogP contribution in [0.5, 0.6) is 0 Å². The predicted molar refractivity (Wildman–Crippen MR) is 99.8 cm³/mol. The molecule has 27 heavy (non-hydrogen) atoms. The van der Waals surface area contributed by atoms with E-state index in [1.807, 2.05) is 0 Å². The van der Waals surface area contributed by atoms with Gasteiger partial charge in [0, 0.05) is 11.8 Å². The van der Waals surface area contributed by atoms with Gasteiger partial charge in [0.1, 0.15) is 17.7 Å². The minimum atomic E-state index is -1.36. The van der Waals surface area contributed by atoms with Crippen LogP contribution in [0, 0.1) is 10.1 Å². The van der Waals surface area contributed by atoms with Crippen molar-refractivity contribution < 1.29 is 24.4 Å². The second-order valence-corrected chi connectivity index (χ2v) is 6.81. The lowest BCUT2D eigenvalue weighted by atomic mass is 10.0. The summed E-state index contributed by atoms with van der Waals surface area (Å²) in [6, 6.07) is 10.8. The number of aromatic carboxylic acids is 1. The molecule has 2 aromatic carbocycles. The van der Waals surface area contributed by atoms with Gasteiger partial charge in [0.25, 0.3) is 5.69 Å². The average Bonchev–Trinajstić information content (AvgIpc) is 2.58. The number of benzene rings is 2. The van der Waals surface area contributed by atoms with Gasteiger partial charge in [-0.2, -0.15) is 0 Å². The molecular weight excluding hydrogens is 352 g/mol. The van der Waals surface area contributed by atoms with E-state index in [9.17, 15) is 19.7 Å². The van der Waals surface area contributed by atoms with Crippen LogP contribution in [0.15, 0.2) is 42.5 Å². The van der Waals surface area contributed by atoms with Crippen LogP contribution in [0.4, 0.5) is 11.4 Å². The summed E-state index contributed by atoms with van der Waals surface area (Å²) < 4.78 is 5.22. The number of esters is 1. The second-order valence-electron chi connectivity index (χ2n) is 6.81. The van der Waals surface area contributed by atoms with Gasteiger partial charge in [0.2, 0.25) is 0 Å². The summed E-state index contributed by atoms with van der Waals surface area (Å²) in [6.07, 6.45) is 0. The topological polar surface area (TPSA) is 119 Å². The Balaban J connectivity index is 2.22. The number of hydrogen-bond donors (Lipinski definition) is 2. The molecule has 0 spiro atoms. The molecule has 0 atom stereocenters. The maximum atomic E-state index is 11.8. The van der Waals surface area contributed by atoms with E-state index in [1.54, 1.807) is 45.0 Å². The smallest absolute Gasteiger partial charge is 0.342 e. The quantitative estimate of drug-likeness (QED) is 0.450. The third-order valence-corrected chi connectivity index (χ3v) is 3.48. The average molecular weight is 372 g/mol. The minimum Gasteiger partial charge on any atom is -0.477 e. The Kier molecular flexibility index (Phi) is 5.79. The lowest BCUT2D eigenvalue weighted by Crippen LogP contribution is -2.28. The standard InChI is InChI=1S/C19H20N2O6/c1-19(2,3)27-17(22)11-20-14-6-4-5-12(9-14)13-7-8-15(18(23)24)16(10-13)21(25)26/h4-10,20H,11H2,1-3H3,(H,23,24). The number of carboxylic acids is 1. The Morgan fingerprint density at radius 3 is 2.41 bits per heavy atom. The van der Waals surface area contributed by atoms with Crippen molar-refractivity contribution in [3.8, 4) is 11.1 Å². The lowest BCUT2D eigenvalue weighted by molar-refractivity contribution is -0.385. The number of hydrogen-bond acceptors (Lipinski definition) is 6. The molecule has 0 aliphatic rings. The maximum Gasteiger partial charge on any atom is 0.342 e. The Morgan fingerprint density at radius 1 is 1.15 bits per heavy atom. The molecule has 0 aliphatic heterocycles. The van der Waals surface area contributed by atoms with Gasteiger partial charge in [-0.3, -0.25) is 14.9 Å². The van der Waals surface area contributed by atoms with Crippen LogP contribution in [0.1, 0.15) is 31.1 Å². The number of carbonyl (C=O) groups is 2. The summed E-state index contributed by atoms with van der Waals surface area (Å²) >= 11 is 0. The summed E-state index contributed by atoms with van der Waals surface area (Å²) in [5, 5.41) is 23.2. The number of nitrogens with zero attached hydrogens (tertiary/aromatic N) is 1. The number of nitro benzene ring substituents is 1. The SMILES string of the molecule is CC(C)(C)OC(=O)CNc1cccc(-c2ccc(C(=O)O)c([N+](=O)[O-])c2)c1. The van der Waals surface area contributed by atoms with Crippen LogP contribution in [-0.2, 0) is 9.53 Å². The van der Waals surface area contributed by atoms with Crippen LogP contribution in [0.3, 0.4) is 0 Å². The minimum absolute atomic E-state index is 0.0289. The lowest BCUT2D eigenvalue weighted by Gasteiger charge is -2.19. The largest absolute Gasteiger partial charge is 0.477 e. The molecule has 142 valence electrons. The molecule has 0 bridgehead atoms. The predicted octanol–water partition coefficient (Wildman–Crippen LogP) is 3.71. The third-order valence-electron chi connectivity index (χ3n) is 3.48. The van der Waals surface area contributed by atoms with E-state index in [1.165, 1.54) is 18.2 Å². The van der Waals surface area contributed by atoms with E-state index in [2.05, 4.69) is 5.32 Å². The molecule has 0 aromatic heterocycles. The first-order valence-electron chi connectivity index (χ1n) is 8.15. The van der Waals surface area contributed by atoms with Crippen LogP contribution in [0.2, 0.25) is 0 Å². The van der Waals surface area contributed by atoms with Crippen LogP contribution in [-0.4, -0.2) is 34.1 Å². The zero-order valence-corrected chi connectivity index (χ0v) is 15.2. The highest BCUT2D eigenvalue weighted by Crippen LogP contribution is 2.29. The molecule has 0 aliphatic carbocycles. The van der Waals surface area contributed by atoms with Crippen molar-refractivity contribution in [3.63, 3.8) is 0 Å². The molecule has 0 heterocycles. The maximum absolute atomic E-state index is 11.8. The molecule has 0 amide bonds. The summed E-state index contributed by atoms with van der Waals surface area (Å²) in [5.74, 6) is -1.77. The van der Waals surface area contributed by atoms with Gasteiger partial charge in [-0.05, 0) is 50.1 Å². The second kappa shape index (κ2) is 7.86. The first-order valence-corrected chi connectivity index (χ1v) is 8.15. The summed E-state index contributed by atoms with van der Waals surface area (Å²) in [5.41, 5.74) is 0.334. The normalized spacial score (nSPS) is 10.9. The fourth-order valence-corrected chi connectivity index (χ4v) is 2.40. The molecule has 2 N–H and O–H groups in total. The van der Waals surface area contributed by atoms with Gasteiger partial charge in [-0.15, -0.1) is 0 Å². The summed E-state index contributed by atoms with van der Waals surface area (Å²) in [7, 11) is 0. The fourth-order valence-electron chi connectivity index (χ4n) is 2.40. The van der Waals surface area contributed by atoms with Crippen molar-refractivity contribution in [2.45, 2.75) is 26.4 Å². The first kappa shape index (κ1) is 19.9. The molecule has 2 aromatic rings. The van der Waals surface area contributed by atoms with Crippen molar-refractivity contribution in [1.29, 1.82) is 0 Å². The highest BCUT2D eigenvalue weighted by Gasteiger charge is 2.20. The Bertz CT molecular complexity index is 886. The van der Waals surface area contributed by atoms with Gasteiger partial charge in [0.15, 0.2) is 0 Å². The molecule has 0 unspecified atom stereocenters. The van der Waals surface area contributed by atoms with E-state index >= 15 is 0 Å². The number of nitro groups is 1. The summed E-state index contributed by atoms with van der Waals surface area (Å²) in [6.45, 7) is 5.30. The molecule has 0 fully saturated rings. The molecule has 2 rings (SSSR count). The van der Waals surface area contributed by atoms with Crippen LogP contribution >= 0.6 is 0 Å². The van der Waals surface area contributed by atoms with Crippen molar-refractivity contribution in [3.05, 3.63) is 58.1 Å². The fraction of sp³-hybridized carbons (Fsp3) is 0.263. The van der Waals surface area contributed by atoms with E-state index in [4.69, 9.17) is 9.84 Å².